The van der Waals surface area contributed by atoms with Crippen LogP contribution in [0.25, 0.3) is 0 Å². The fraction of sp³-hybridized carbons (Fsp3) is 0.600. The lowest BCUT2D eigenvalue weighted by Crippen LogP contribution is -2.04. The summed E-state index contributed by atoms with van der Waals surface area (Å²) in [5, 5.41) is 10.0. The minimum Gasteiger partial charge on any atom is -0.478 e. The van der Waals surface area contributed by atoms with Crippen LogP contribution in [0, 0.1) is 5.92 Å². The molecule has 1 saturated carbocycles. The van der Waals surface area contributed by atoms with Crippen LogP contribution in [-0.2, 0) is 0 Å². The Kier molecular flexibility index (Phi) is 4.86. The van der Waals surface area contributed by atoms with Crippen molar-refractivity contribution in [1.82, 2.24) is 4.98 Å². The average Bonchev–Trinajstić information content (AvgIpc) is 2.89. The molecule has 0 aliphatic heterocycles. The second kappa shape index (κ2) is 6.42. The number of aromatic carboxylic acids is 1. The lowest BCUT2D eigenvalue weighted by atomic mass is 10.1. The molecule has 0 spiro atoms. The summed E-state index contributed by atoms with van der Waals surface area (Å²) in [5.74, 6) is 1.23. The van der Waals surface area contributed by atoms with Crippen molar-refractivity contribution in [1.29, 1.82) is 0 Å². The molecule has 1 heterocycles. The molecule has 1 aliphatic rings. The zero-order valence-corrected chi connectivity index (χ0v) is 12.4. The fourth-order valence-corrected chi connectivity index (χ4v) is 3.52. The van der Waals surface area contributed by atoms with Crippen LogP contribution in [0.5, 0.6) is 0 Å². The Labute approximate surface area is 118 Å². The van der Waals surface area contributed by atoms with Crippen molar-refractivity contribution in [3.63, 3.8) is 0 Å². The van der Waals surface area contributed by atoms with Crippen molar-refractivity contribution in [2.24, 2.45) is 5.92 Å². The number of pyridine rings is 1. The van der Waals surface area contributed by atoms with Crippen LogP contribution < -0.4 is 0 Å². The number of rotatable bonds is 5. The monoisotopic (exact) mass is 279 g/mol. The first-order valence-corrected chi connectivity index (χ1v) is 7.93. The third kappa shape index (κ3) is 3.96. The Bertz CT molecular complexity index is 453. The number of hydrogen-bond acceptors (Lipinski definition) is 3. The van der Waals surface area contributed by atoms with Crippen LogP contribution in [0.15, 0.2) is 17.2 Å². The van der Waals surface area contributed by atoms with E-state index in [1.165, 1.54) is 25.7 Å². The molecule has 0 saturated heterocycles. The van der Waals surface area contributed by atoms with Gasteiger partial charge in [-0.25, -0.2) is 9.78 Å². The van der Waals surface area contributed by atoms with E-state index in [2.05, 4.69) is 4.98 Å². The maximum Gasteiger partial charge on any atom is 0.335 e. The maximum atomic E-state index is 11.2. The zero-order chi connectivity index (χ0) is 13.8. The largest absolute Gasteiger partial charge is 0.478 e. The third-order valence-corrected chi connectivity index (χ3v) is 4.74. The molecule has 104 valence electrons. The molecule has 1 fully saturated rings. The Morgan fingerprint density at radius 3 is 2.68 bits per heavy atom. The summed E-state index contributed by atoms with van der Waals surface area (Å²) in [4.78, 5) is 15.7. The lowest BCUT2D eigenvalue weighted by molar-refractivity contribution is 0.0696. The first-order valence-electron chi connectivity index (χ1n) is 6.94. The van der Waals surface area contributed by atoms with E-state index in [1.807, 2.05) is 13.8 Å². The SMILES string of the molecule is CC(C)c1cc(C(=O)O)cc(SCC2CCCC2)n1. The summed E-state index contributed by atoms with van der Waals surface area (Å²) in [6.45, 7) is 4.08. The number of nitrogens with zero attached hydrogens (tertiary/aromatic N) is 1. The van der Waals surface area contributed by atoms with Gasteiger partial charge in [0.2, 0.25) is 0 Å². The molecule has 3 nitrogen and oxygen atoms in total. The summed E-state index contributed by atoms with van der Waals surface area (Å²) in [6, 6.07) is 3.39. The fourth-order valence-electron chi connectivity index (χ4n) is 2.40. The molecule has 0 bridgehead atoms. The summed E-state index contributed by atoms with van der Waals surface area (Å²) in [6.07, 6.45) is 5.29. The summed E-state index contributed by atoms with van der Waals surface area (Å²) in [7, 11) is 0. The van der Waals surface area contributed by atoms with E-state index in [4.69, 9.17) is 5.11 Å². The Balaban J connectivity index is 2.11. The normalized spacial score (nSPS) is 16.2. The molecule has 4 heteroatoms. The van der Waals surface area contributed by atoms with Crippen molar-refractivity contribution < 1.29 is 9.90 Å². The molecule has 0 atom stereocenters. The zero-order valence-electron chi connectivity index (χ0n) is 11.6. The van der Waals surface area contributed by atoms with E-state index < -0.39 is 5.97 Å². The summed E-state index contributed by atoms with van der Waals surface area (Å²) in [5.41, 5.74) is 1.22. The first kappa shape index (κ1) is 14.4. The minimum absolute atomic E-state index is 0.255. The summed E-state index contributed by atoms with van der Waals surface area (Å²) < 4.78 is 0. The van der Waals surface area contributed by atoms with Crippen molar-refractivity contribution in [3.8, 4) is 0 Å². The smallest absolute Gasteiger partial charge is 0.335 e. The van der Waals surface area contributed by atoms with E-state index >= 15 is 0 Å². The Morgan fingerprint density at radius 1 is 1.42 bits per heavy atom. The molecule has 0 aromatic carbocycles. The molecule has 0 amide bonds. The van der Waals surface area contributed by atoms with Crippen LogP contribution in [0.1, 0.15) is 61.5 Å². The van der Waals surface area contributed by atoms with Crippen LogP contribution in [-0.4, -0.2) is 21.8 Å². The number of hydrogen-bond donors (Lipinski definition) is 1. The highest BCUT2D eigenvalue weighted by molar-refractivity contribution is 7.99. The van der Waals surface area contributed by atoms with E-state index in [0.717, 1.165) is 22.4 Å². The maximum absolute atomic E-state index is 11.2. The second-order valence-electron chi connectivity index (χ2n) is 5.54. The van der Waals surface area contributed by atoms with Gasteiger partial charge in [0, 0.05) is 11.4 Å². The topological polar surface area (TPSA) is 50.2 Å². The molecule has 1 aromatic rings. The molecule has 1 N–H and O–H groups in total. The van der Waals surface area contributed by atoms with Crippen LogP contribution in [0.2, 0.25) is 0 Å². The van der Waals surface area contributed by atoms with Gasteiger partial charge in [0.25, 0.3) is 0 Å². The molecule has 19 heavy (non-hydrogen) atoms. The summed E-state index contributed by atoms with van der Waals surface area (Å²) >= 11 is 1.71. The predicted octanol–water partition coefficient (Wildman–Crippen LogP) is 4.19. The van der Waals surface area contributed by atoms with Gasteiger partial charge in [-0.1, -0.05) is 26.7 Å². The van der Waals surface area contributed by atoms with Crippen LogP contribution in [0.3, 0.4) is 0 Å². The molecule has 0 unspecified atom stereocenters. The average molecular weight is 279 g/mol. The van der Waals surface area contributed by atoms with Crippen LogP contribution in [0.4, 0.5) is 0 Å². The number of aromatic nitrogens is 1. The third-order valence-electron chi connectivity index (χ3n) is 3.60. The Morgan fingerprint density at radius 2 is 2.11 bits per heavy atom. The van der Waals surface area contributed by atoms with Gasteiger partial charge in [-0.3, -0.25) is 0 Å². The van der Waals surface area contributed by atoms with Gasteiger partial charge < -0.3 is 5.11 Å². The van der Waals surface area contributed by atoms with E-state index in [1.54, 1.807) is 23.9 Å². The number of thioether (sulfide) groups is 1. The highest BCUT2D eigenvalue weighted by atomic mass is 32.2. The highest BCUT2D eigenvalue weighted by Crippen LogP contribution is 2.31. The molecule has 0 radical (unpaired) electrons. The second-order valence-corrected chi connectivity index (χ2v) is 6.58. The minimum atomic E-state index is -0.869. The molecular weight excluding hydrogens is 258 g/mol. The van der Waals surface area contributed by atoms with E-state index in [0.29, 0.717) is 5.56 Å². The van der Waals surface area contributed by atoms with Gasteiger partial charge in [0.1, 0.15) is 0 Å². The van der Waals surface area contributed by atoms with Gasteiger partial charge in [-0.15, -0.1) is 11.8 Å². The first-order chi connectivity index (χ1) is 9.06. The van der Waals surface area contributed by atoms with Gasteiger partial charge >= 0.3 is 5.97 Å². The number of carbonyl (C=O) groups is 1. The van der Waals surface area contributed by atoms with E-state index in [9.17, 15) is 4.79 Å². The van der Waals surface area contributed by atoms with Gasteiger partial charge in [-0.05, 0) is 36.8 Å². The number of carboxylic acid groups (broad SMARTS) is 1. The van der Waals surface area contributed by atoms with Crippen molar-refractivity contribution in [2.75, 3.05) is 5.75 Å². The van der Waals surface area contributed by atoms with Crippen molar-refractivity contribution in [2.45, 2.75) is 50.5 Å². The van der Waals surface area contributed by atoms with Gasteiger partial charge in [-0.2, -0.15) is 0 Å². The Hall–Kier alpha value is -1.03. The highest BCUT2D eigenvalue weighted by Gasteiger charge is 2.16. The van der Waals surface area contributed by atoms with Crippen LogP contribution >= 0.6 is 11.8 Å². The molecular formula is C15H21NO2S. The van der Waals surface area contributed by atoms with Gasteiger partial charge in [0.05, 0.1) is 10.6 Å². The van der Waals surface area contributed by atoms with Gasteiger partial charge in [0.15, 0.2) is 0 Å². The lowest BCUT2D eigenvalue weighted by Gasteiger charge is -2.11. The number of carboxylic acids is 1. The quantitative estimate of drug-likeness (QED) is 0.821. The van der Waals surface area contributed by atoms with Crippen molar-refractivity contribution in [3.05, 3.63) is 23.4 Å². The van der Waals surface area contributed by atoms with E-state index in [-0.39, 0.29) is 5.92 Å². The molecule has 1 aromatic heterocycles. The molecule has 1 aliphatic carbocycles. The standard InChI is InChI=1S/C15H21NO2S/c1-10(2)13-7-12(15(17)18)8-14(16-13)19-9-11-5-3-4-6-11/h7-8,10-11H,3-6,9H2,1-2H3,(H,17,18). The predicted molar refractivity (Wildman–Crippen MR) is 78.0 cm³/mol. The van der Waals surface area contributed by atoms with Crippen molar-refractivity contribution >= 4 is 17.7 Å². The molecule has 2 rings (SSSR count).